The number of aliphatic hydroxyl groups is 1. The summed E-state index contributed by atoms with van der Waals surface area (Å²) in [5.74, 6) is -3.46. The predicted octanol–water partition coefficient (Wildman–Crippen LogP) is 0.760. The monoisotopic (exact) mass is 601 g/mol. The number of aliphatic carboxylic acids is 1. The molecule has 9 N–H and O–H groups in total. The van der Waals surface area contributed by atoms with E-state index in [1.165, 1.54) is 12.1 Å². The van der Waals surface area contributed by atoms with Crippen LogP contribution in [0.5, 0.6) is 5.75 Å². The summed E-state index contributed by atoms with van der Waals surface area (Å²) < 4.78 is 0. The van der Waals surface area contributed by atoms with Gasteiger partial charge in [-0.2, -0.15) is 0 Å². The lowest BCUT2D eigenvalue weighted by Gasteiger charge is -2.25. The zero-order valence-electron chi connectivity index (χ0n) is 23.8. The van der Waals surface area contributed by atoms with Crippen LogP contribution in [0.25, 0.3) is 10.9 Å². The second-order valence-corrected chi connectivity index (χ2v) is 10.4. The van der Waals surface area contributed by atoms with E-state index in [1.807, 2.05) is 24.3 Å². The molecule has 1 aromatic heterocycles. The topological polar surface area (TPSA) is 207 Å². The number of aromatic hydroxyl groups is 1. The molecule has 0 fully saturated rings. The van der Waals surface area contributed by atoms with E-state index < -0.39 is 54.5 Å². The Morgan fingerprint density at radius 2 is 1.25 bits per heavy atom. The number of amides is 3. The molecule has 0 saturated carbocycles. The van der Waals surface area contributed by atoms with Crippen molar-refractivity contribution in [3.63, 3.8) is 0 Å². The first-order chi connectivity index (χ1) is 21.1. The molecule has 0 radical (unpaired) electrons. The van der Waals surface area contributed by atoms with Crippen molar-refractivity contribution in [2.45, 2.75) is 43.4 Å². The largest absolute Gasteiger partial charge is 0.508 e. The number of carbonyl (C=O) groups excluding carboxylic acids is 3. The number of aromatic amines is 1. The molecule has 0 saturated heterocycles. The van der Waals surface area contributed by atoms with E-state index in [-0.39, 0.29) is 25.0 Å². The molecule has 12 nitrogen and oxygen atoms in total. The van der Waals surface area contributed by atoms with E-state index in [0.29, 0.717) is 16.7 Å². The maximum Gasteiger partial charge on any atom is 0.326 e. The smallest absolute Gasteiger partial charge is 0.326 e. The van der Waals surface area contributed by atoms with Crippen LogP contribution in [0, 0.1) is 0 Å². The number of phenols is 1. The molecule has 1 heterocycles. The first-order valence-corrected chi connectivity index (χ1v) is 14.0. The van der Waals surface area contributed by atoms with Crippen molar-refractivity contribution in [2.24, 2.45) is 5.73 Å². The summed E-state index contributed by atoms with van der Waals surface area (Å²) in [7, 11) is 0. The van der Waals surface area contributed by atoms with Gasteiger partial charge in [0, 0.05) is 36.4 Å². The lowest BCUT2D eigenvalue weighted by molar-refractivity contribution is -0.142. The number of H-pyrrole nitrogens is 1. The van der Waals surface area contributed by atoms with E-state index in [1.54, 1.807) is 48.7 Å². The van der Waals surface area contributed by atoms with Gasteiger partial charge in [0.15, 0.2) is 0 Å². The number of nitrogens with two attached hydrogens (primary N) is 1. The second kappa shape index (κ2) is 14.8. The van der Waals surface area contributed by atoms with Crippen molar-refractivity contribution in [2.75, 3.05) is 6.61 Å². The Balaban J connectivity index is 1.56. The van der Waals surface area contributed by atoms with Gasteiger partial charge in [-0.05, 0) is 34.9 Å². The normalized spacial score (nSPS) is 13.8. The number of carbonyl (C=O) groups is 4. The third-order valence-corrected chi connectivity index (χ3v) is 7.17. The Morgan fingerprint density at radius 1 is 0.705 bits per heavy atom. The Bertz CT molecular complexity index is 1590. The number of nitrogens with one attached hydrogen (secondary N) is 4. The van der Waals surface area contributed by atoms with Crippen molar-refractivity contribution in [1.82, 2.24) is 20.9 Å². The zero-order valence-corrected chi connectivity index (χ0v) is 23.8. The van der Waals surface area contributed by atoms with Gasteiger partial charge in [-0.1, -0.05) is 60.7 Å². The fraction of sp³-hybridized carbons (Fsp3) is 0.250. The van der Waals surface area contributed by atoms with Crippen LogP contribution in [-0.2, 0) is 38.4 Å². The maximum atomic E-state index is 13.6. The summed E-state index contributed by atoms with van der Waals surface area (Å²) in [5, 5.41) is 37.5. The lowest BCUT2D eigenvalue weighted by atomic mass is 10.0. The highest BCUT2D eigenvalue weighted by atomic mass is 16.4. The molecule has 4 unspecified atom stereocenters. The van der Waals surface area contributed by atoms with Crippen molar-refractivity contribution in [1.29, 1.82) is 0 Å². The third-order valence-electron chi connectivity index (χ3n) is 7.17. The van der Waals surface area contributed by atoms with Crippen LogP contribution in [0.4, 0.5) is 0 Å². The first kappa shape index (κ1) is 31.7. The number of aliphatic hydroxyl groups excluding tert-OH is 1. The number of rotatable bonds is 14. The minimum Gasteiger partial charge on any atom is -0.508 e. The number of carboxylic acid groups (broad SMARTS) is 1. The van der Waals surface area contributed by atoms with Crippen LogP contribution in [0.1, 0.15) is 16.7 Å². The Morgan fingerprint density at radius 3 is 1.86 bits per heavy atom. The molecular formula is C32H35N5O7. The highest BCUT2D eigenvalue weighted by Crippen LogP contribution is 2.19. The first-order valence-electron chi connectivity index (χ1n) is 14.0. The van der Waals surface area contributed by atoms with Gasteiger partial charge in [-0.15, -0.1) is 0 Å². The number of aromatic nitrogens is 1. The molecule has 0 aliphatic heterocycles. The van der Waals surface area contributed by atoms with Crippen LogP contribution >= 0.6 is 0 Å². The van der Waals surface area contributed by atoms with Crippen LogP contribution in [0.3, 0.4) is 0 Å². The van der Waals surface area contributed by atoms with Gasteiger partial charge in [0.05, 0.1) is 6.61 Å². The quantitative estimate of drug-likeness (QED) is 0.103. The van der Waals surface area contributed by atoms with Crippen LogP contribution < -0.4 is 21.7 Å². The van der Waals surface area contributed by atoms with Gasteiger partial charge in [-0.3, -0.25) is 14.4 Å². The van der Waals surface area contributed by atoms with Crippen LogP contribution in [0.15, 0.2) is 85.1 Å². The van der Waals surface area contributed by atoms with E-state index in [2.05, 4.69) is 20.9 Å². The average Bonchev–Trinajstić information content (AvgIpc) is 3.43. The van der Waals surface area contributed by atoms with Crippen LogP contribution in [-0.4, -0.2) is 74.8 Å². The summed E-state index contributed by atoms with van der Waals surface area (Å²) in [5.41, 5.74) is 8.48. The summed E-state index contributed by atoms with van der Waals surface area (Å²) in [6.07, 6.45) is 1.71. The Kier molecular flexibility index (Phi) is 10.7. The molecule has 3 amide bonds. The molecule has 4 aromatic rings. The van der Waals surface area contributed by atoms with E-state index in [0.717, 1.165) is 10.9 Å². The molecule has 4 atom stereocenters. The van der Waals surface area contributed by atoms with Crippen molar-refractivity contribution < 1.29 is 34.5 Å². The molecule has 0 aliphatic carbocycles. The summed E-state index contributed by atoms with van der Waals surface area (Å²) in [6, 6.07) is 17.3. The number of para-hydroxylation sites is 1. The molecule has 230 valence electrons. The standard InChI is InChI=1S/C32H35N5O7/c33-24(18-38)29(40)35-26(15-20-10-12-22(39)13-11-20)30(41)36-27(14-19-6-2-1-3-7-19)31(42)37-28(32(43)44)16-21-17-34-25-9-5-4-8-23(21)25/h1-13,17,24,26-28,34,38-39H,14-16,18,33H2,(H,35,40)(H,36,41)(H,37,42)(H,43,44). The summed E-state index contributed by atoms with van der Waals surface area (Å²) >= 11 is 0. The summed E-state index contributed by atoms with van der Waals surface area (Å²) in [6.45, 7) is -0.647. The number of hydrogen-bond acceptors (Lipinski definition) is 7. The molecule has 4 rings (SSSR count). The van der Waals surface area contributed by atoms with Gasteiger partial charge in [0.25, 0.3) is 0 Å². The number of fused-ring (bicyclic) bond motifs is 1. The second-order valence-electron chi connectivity index (χ2n) is 10.4. The van der Waals surface area contributed by atoms with Crippen molar-refractivity contribution in [3.8, 4) is 5.75 Å². The van der Waals surface area contributed by atoms with E-state index >= 15 is 0 Å². The fourth-order valence-corrected chi connectivity index (χ4v) is 4.76. The Labute approximate surface area is 253 Å². The van der Waals surface area contributed by atoms with Gasteiger partial charge >= 0.3 is 5.97 Å². The van der Waals surface area contributed by atoms with E-state index in [4.69, 9.17) is 5.73 Å². The number of hydrogen-bond donors (Lipinski definition) is 8. The average molecular weight is 602 g/mol. The third kappa shape index (κ3) is 8.43. The number of phenolic OH excluding ortho intramolecular Hbond substituents is 1. The van der Waals surface area contributed by atoms with Gasteiger partial charge < -0.3 is 42.0 Å². The molecule has 3 aromatic carbocycles. The number of carboxylic acids is 1. The van der Waals surface area contributed by atoms with E-state index in [9.17, 15) is 34.5 Å². The fourth-order valence-electron chi connectivity index (χ4n) is 4.76. The zero-order chi connectivity index (χ0) is 31.6. The molecular weight excluding hydrogens is 566 g/mol. The molecule has 12 heteroatoms. The maximum absolute atomic E-state index is 13.6. The molecule has 0 bridgehead atoms. The van der Waals surface area contributed by atoms with Gasteiger partial charge in [0.2, 0.25) is 17.7 Å². The SMILES string of the molecule is NC(CO)C(=O)NC(Cc1ccc(O)cc1)C(=O)NC(Cc1ccccc1)C(=O)NC(Cc1c[nH]c2ccccc12)C(=O)O. The lowest BCUT2D eigenvalue weighted by Crippen LogP contribution is -2.58. The molecule has 0 spiro atoms. The van der Waals surface area contributed by atoms with Crippen LogP contribution in [0.2, 0.25) is 0 Å². The highest BCUT2D eigenvalue weighted by molar-refractivity contribution is 5.94. The Hall–Kier alpha value is -5.20. The minimum absolute atomic E-state index is 0.00429. The van der Waals surface area contributed by atoms with Crippen molar-refractivity contribution in [3.05, 3.63) is 102 Å². The van der Waals surface area contributed by atoms with Gasteiger partial charge in [0.1, 0.15) is 29.9 Å². The predicted molar refractivity (Wildman–Crippen MR) is 162 cm³/mol. The van der Waals surface area contributed by atoms with Gasteiger partial charge in [-0.25, -0.2) is 4.79 Å². The summed E-state index contributed by atoms with van der Waals surface area (Å²) in [4.78, 5) is 55.1. The minimum atomic E-state index is -1.30. The highest BCUT2D eigenvalue weighted by Gasteiger charge is 2.31. The molecule has 0 aliphatic rings. The molecule has 44 heavy (non-hydrogen) atoms. The number of benzene rings is 3. The van der Waals surface area contributed by atoms with Crippen molar-refractivity contribution >= 4 is 34.6 Å².